The minimum atomic E-state index is -0.340. The highest BCUT2D eigenvalue weighted by Gasteiger charge is 2.40. The van der Waals surface area contributed by atoms with Gasteiger partial charge >= 0.3 is 0 Å². The highest BCUT2D eigenvalue weighted by molar-refractivity contribution is 6.31. The van der Waals surface area contributed by atoms with Gasteiger partial charge in [-0.25, -0.2) is 0 Å². The monoisotopic (exact) mass is 342 g/mol. The lowest BCUT2D eigenvalue weighted by molar-refractivity contribution is 0.125. The summed E-state index contributed by atoms with van der Waals surface area (Å²) in [6.07, 6.45) is 4.16. The molecule has 0 saturated heterocycles. The maximum absolute atomic E-state index is 6.49. The average Bonchev–Trinajstić information content (AvgIpc) is 2.64. The molecule has 1 aliphatic rings. The van der Waals surface area contributed by atoms with Crippen LogP contribution in [0, 0.1) is 0 Å². The van der Waals surface area contributed by atoms with E-state index in [-0.39, 0.29) is 5.54 Å². The van der Waals surface area contributed by atoms with Crippen molar-refractivity contribution in [2.75, 3.05) is 7.05 Å². The number of rotatable bonds is 5. The number of benzene rings is 2. The summed E-state index contributed by atoms with van der Waals surface area (Å²) in [4.78, 5) is 5.68. The Morgan fingerprint density at radius 3 is 2.58 bits per heavy atom. The van der Waals surface area contributed by atoms with Gasteiger partial charge in [0.2, 0.25) is 0 Å². The van der Waals surface area contributed by atoms with E-state index in [9.17, 15) is 0 Å². The molecule has 3 rings (SSSR count). The number of hydrogen-bond acceptors (Lipinski definition) is 3. The highest BCUT2D eigenvalue weighted by atomic mass is 35.5. The number of oxime groups is 1. The normalized spacial score (nSPS) is 22.5. The van der Waals surface area contributed by atoms with Crippen molar-refractivity contribution >= 4 is 17.3 Å². The van der Waals surface area contributed by atoms with Gasteiger partial charge < -0.3 is 10.2 Å². The van der Waals surface area contributed by atoms with Gasteiger partial charge in [0, 0.05) is 5.02 Å². The van der Waals surface area contributed by atoms with E-state index in [0.717, 1.165) is 47.5 Å². The molecular weight excluding hydrogens is 320 g/mol. The second kappa shape index (κ2) is 7.82. The quantitative estimate of drug-likeness (QED) is 0.784. The predicted molar refractivity (Wildman–Crippen MR) is 99.3 cm³/mol. The third-order valence-corrected chi connectivity index (χ3v) is 5.05. The van der Waals surface area contributed by atoms with Crippen molar-refractivity contribution in [2.45, 2.75) is 37.8 Å². The number of nitrogens with zero attached hydrogens (tertiary/aromatic N) is 1. The Hall–Kier alpha value is -1.84. The number of halogens is 1. The zero-order valence-corrected chi connectivity index (χ0v) is 14.7. The zero-order valence-electron chi connectivity index (χ0n) is 14.0. The Kier molecular flexibility index (Phi) is 5.54. The molecule has 1 unspecified atom stereocenters. The lowest BCUT2D eigenvalue weighted by Gasteiger charge is -2.39. The van der Waals surface area contributed by atoms with E-state index < -0.39 is 0 Å². The molecule has 3 nitrogen and oxygen atoms in total. The van der Waals surface area contributed by atoms with Crippen LogP contribution >= 0.6 is 11.6 Å². The van der Waals surface area contributed by atoms with Gasteiger partial charge in [-0.1, -0.05) is 71.7 Å². The van der Waals surface area contributed by atoms with Crippen LogP contribution in [0.1, 0.15) is 36.8 Å². The molecule has 0 spiro atoms. The molecule has 0 heterocycles. The topological polar surface area (TPSA) is 33.6 Å². The van der Waals surface area contributed by atoms with Crippen molar-refractivity contribution in [1.82, 2.24) is 5.32 Å². The Morgan fingerprint density at radius 1 is 1.08 bits per heavy atom. The fourth-order valence-corrected chi connectivity index (χ4v) is 3.72. The molecule has 0 aromatic heterocycles. The molecular formula is C20H23ClN2O. The Bertz CT molecular complexity index is 702. The summed E-state index contributed by atoms with van der Waals surface area (Å²) in [5, 5.41) is 8.76. The first kappa shape index (κ1) is 17.0. The lowest BCUT2D eigenvalue weighted by atomic mass is 9.75. The molecule has 1 N–H and O–H groups in total. The third kappa shape index (κ3) is 3.47. The number of nitrogens with one attached hydrogen (secondary N) is 1. The second-order valence-electron chi connectivity index (χ2n) is 6.14. The molecule has 0 radical (unpaired) electrons. The van der Waals surface area contributed by atoms with Crippen molar-refractivity contribution in [1.29, 1.82) is 0 Å². The first-order chi connectivity index (χ1) is 11.8. The molecule has 1 saturated carbocycles. The fraction of sp³-hybridized carbons (Fsp3) is 0.350. The van der Waals surface area contributed by atoms with Crippen LogP contribution in [-0.4, -0.2) is 12.8 Å². The maximum Gasteiger partial charge on any atom is 0.142 e. The summed E-state index contributed by atoms with van der Waals surface area (Å²) in [5.74, 6) is 0. The third-order valence-electron chi connectivity index (χ3n) is 4.72. The van der Waals surface area contributed by atoms with Crippen LogP contribution in [0.15, 0.2) is 59.8 Å². The van der Waals surface area contributed by atoms with Crippen molar-refractivity contribution in [3.63, 3.8) is 0 Å². The molecule has 0 bridgehead atoms. The highest BCUT2D eigenvalue weighted by Crippen LogP contribution is 2.38. The van der Waals surface area contributed by atoms with Crippen LogP contribution in [-0.2, 0) is 17.0 Å². The first-order valence-corrected chi connectivity index (χ1v) is 8.81. The van der Waals surface area contributed by atoms with Crippen LogP contribution in [0.3, 0.4) is 0 Å². The van der Waals surface area contributed by atoms with Crippen molar-refractivity contribution in [3.05, 3.63) is 70.7 Å². The van der Waals surface area contributed by atoms with Crippen molar-refractivity contribution in [2.24, 2.45) is 5.16 Å². The van der Waals surface area contributed by atoms with Gasteiger partial charge in [0.15, 0.2) is 0 Å². The molecule has 24 heavy (non-hydrogen) atoms. The van der Waals surface area contributed by atoms with Gasteiger partial charge in [0.25, 0.3) is 0 Å². The molecule has 4 heteroatoms. The summed E-state index contributed by atoms with van der Waals surface area (Å²) < 4.78 is 0. The van der Waals surface area contributed by atoms with Crippen LogP contribution in [0.4, 0.5) is 0 Å². The largest absolute Gasteiger partial charge is 0.391 e. The first-order valence-electron chi connectivity index (χ1n) is 8.43. The van der Waals surface area contributed by atoms with Gasteiger partial charge in [-0.15, -0.1) is 0 Å². The zero-order chi connectivity index (χ0) is 16.8. The maximum atomic E-state index is 6.49. The molecule has 1 atom stereocenters. The lowest BCUT2D eigenvalue weighted by Crippen LogP contribution is -2.49. The molecule has 0 amide bonds. The number of hydrogen-bond donors (Lipinski definition) is 1. The molecule has 1 fully saturated rings. The van der Waals surface area contributed by atoms with Crippen molar-refractivity contribution < 1.29 is 4.84 Å². The van der Waals surface area contributed by atoms with Gasteiger partial charge in [-0.2, -0.15) is 0 Å². The average molecular weight is 343 g/mol. The van der Waals surface area contributed by atoms with Gasteiger partial charge in [-0.05, 0) is 43.5 Å². The summed E-state index contributed by atoms with van der Waals surface area (Å²) in [6, 6.07) is 18.1. The van der Waals surface area contributed by atoms with E-state index in [0.29, 0.717) is 6.61 Å². The molecule has 2 aromatic carbocycles. The van der Waals surface area contributed by atoms with E-state index in [2.05, 4.69) is 16.5 Å². The standard InChI is InChI=1S/C20H23ClN2O/c1-22-20(17-11-5-6-12-18(17)21)14-8-7-13-19(20)23-24-15-16-9-3-2-4-10-16/h2-6,9-12,22H,7-8,13-15H2,1H3/b23-19+. The second-order valence-corrected chi connectivity index (χ2v) is 6.55. The van der Waals surface area contributed by atoms with Crippen LogP contribution < -0.4 is 5.32 Å². The van der Waals surface area contributed by atoms with Crippen LogP contribution in [0.5, 0.6) is 0 Å². The summed E-state index contributed by atoms with van der Waals surface area (Å²) in [5.41, 5.74) is 2.88. The molecule has 1 aliphatic carbocycles. The predicted octanol–water partition coefficient (Wildman–Crippen LogP) is 4.90. The SMILES string of the molecule is CNC1(c2ccccc2Cl)CCCC/C1=N\OCc1ccccc1. The summed E-state index contributed by atoms with van der Waals surface area (Å²) in [6.45, 7) is 0.479. The van der Waals surface area contributed by atoms with E-state index in [1.54, 1.807) is 0 Å². The van der Waals surface area contributed by atoms with Crippen molar-refractivity contribution in [3.8, 4) is 0 Å². The van der Waals surface area contributed by atoms with E-state index >= 15 is 0 Å². The smallest absolute Gasteiger partial charge is 0.142 e. The van der Waals surface area contributed by atoms with E-state index in [4.69, 9.17) is 16.4 Å². The molecule has 2 aromatic rings. The minimum Gasteiger partial charge on any atom is -0.391 e. The molecule has 0 aliphatic heterocycles. The van der Waals surface area contributed by atoms with E-state index in [1.165, 1.54) is 0 Å². The summed E-state index contributed by atoms with van der Waals surface area (Å²) in [7, 11) is 1.97. The fourth-order valence-electron chi connectivity index (χ4n) is 3.42. The van der Waals surface area contributed by atoms with E-state index in [1.807, 2.05) is 55.6 Å². The Labute approximate surface area is 148 Å². The Morgan fingerprint density at radius 2 is 1.83 bits per heavy atom. The minimum absolute atomic E-state index is 0.340. The van der Waals surface area contributed by atoms with Gasteiger partial charge in [-0.3, -0.25) is 0 Å². The Balaban J connectivity index is 1.86. The summed E-state index contributed by atoms with van der Waals surface area (Å²) >= 11 is 6.49. The molecule has 126 valence electrons. The van der Waals surface area contributed by atoms with Crippen LogP contribution in [0.2, 0.25) is 5.02 Å². The van der Waals surface area contributed by atoms with Gasteiger partial charge in [0.05, 0.1) is 11.3 Å². The van der Waals surface area contributed by atoms with Crippen LogP contribution in [0.25, 0.3) is 0 Å². The van der Waals surface area contributed by atoms with Gasteiger partial charge in [0.1, 0.15) is 6.61 Å².